The summed E-state index contributed by atoms with van der Waals surface area (Å²) in [6.07, 6.45) is 6.34. The summed E-state index contributed by atoms with van der Waals surface area (Å²) in [5.74, 6) is 0.261. The molecule has 3 aliphatic rings. The first-order valence-electron chi connectivity index (χ1n) is 9.46. The Morgan fingerprint density at radius 1 is 1.22 bits per heavy atom. The molecular formula is C17H27ClN4O4S. The molecule has 1 aromatic heterocycles. The molecule has 3 aliphatic heterocycles. The van der Waals surface area contributed by atoms with Crippen LogP contribution in [0.15, 0.2) is 16.9 Å². The normalized spacial score (nSPS) is 29.3. The van der Waals surface area contributed by atoms with Gasteiger partial charge in [0.2, 0.25) is 10.0 Å². The van der Waals surface area contributed by atoms with E-state index < -0.39 is 10.0 Å². The fourth-order valence-electron chi connectivity index (χ4n) is 4.73. The number of sulfonamides is 1. The fourth-order valence-corrected chi connectivity index (χ4v) is 7.12. The summed E-state index contributed by atoms with van der Waals surface area (Å²) < 4.78 is 32.5. The van der Waals surface area contributed by atoms with Crippen LogP contribution in [0.5, 0.6) is 0 Å². The van der Waals surface area contributed by atoms with Gasteiger partial charge in [-0.15, -0.1) is 12.4 Å². The van der Waals surface area contributed by atoms with E-state index in [1.165, 1.54) is 12.3 Å². The Morgan fingerprint density at radius 2 is 1.89 bits per heavy atom. The Labute approximate surface area is 165 Å². The highest BCUT2D eigenvalue weighted by Crippen LogP contribution is 2.38. The van der Waals surface area contributed by atoms with Crippen molar-refractivity contribution in [2.45, 2.75) is 56.7 Å². The third-order valence-electron chi connectivity index (χ3n) is 5.90. The minimum Gasteiger partial charge on any atom is -0.364 e. The van der Waals surface area contributed by atoms with Gasteiger partial charge in [-0.3, -0.25) is 4.79 Å². The van der Waals surface area contributed by atoms with Crippen LogP contribution in [0.25, 0.3) is 0 Å². The van der Waals surface area contributed by atoms with Crippen LogP contribution >= 0.6 is 12.4 Å². The zero-order chi connectivity index (χ0) is 18.1. The highest BCUT2D eigenvalue weighted by atomic mass is 35.5. The second-order valence-electron chi connectivity index (χ2n) is 7.71. The molecule has 27 heavy (non-hydrogen) atoms. The molecule has 2 unspecified atom stereocenters. The van der Waals surface area contributed by atoms with Gasteiger partial charge in [0.15, 0.2) is 5.69 Å². The number of halogens is 1. The van der Waals surface area contributed by atoms with E-state index in [2.05, 4.69) is 15.8 Å². The zero-order valence-electron chi connectivity index (χ0n) is 15.2. The number of fused-ring (bicyclic) bond motifs is 2. The van der Waals surface area contributed by atoms with Crippen LogP contribution in [0.1, 0.15) is 49.0 Å². The monoisotopic (exact) mass is 418 g/mol. The number of carbonyl (C=O) groups excluding carboxylic acids is 1. The van der Waals surface area contributed by atoms with E-state index in [-0.39, 0.29) is 53.8 Å². The van der Waals surface area contributed by atoms with Gasteiger partial charge in [-0.05, 0) is 57.5 Å². The molecule has 0 aliphatic carbocycles. The Morgan fingerprint density at radius 3 is 2.48 bits per heavy atom. The van der Waals surface area contributed by atoms with Crippen LogP contribution < -0.4 is 10.6 Å². The van der Waals surface area contributed by atoms with Crippen LogP contribution in [0.4, 0.5) is 0 Å². The molecule has 2 atom stereocenters. The molecular weight excluding hydrogens is 392 g/mol. The summed E-state index contributed by atoms with van der Waals surface area (Å²) in [4.78, 5) is 12.2. The molecule has 1 amide bonds. The van der Waals surface area contributed by atoms with Crippen molar-refractivity contribution in [1.29, 1.82) is 0 Å². The maximum absolute atomic E-state index is 13.0. The van der Waals surface area contributed by atoms with Crippen molar-refractivity contribution in [3.05, 3.63) is 18.0 Å². The number of nitrogens with one attached hydrogen (secondary N) is 2. The molecule has 3 saturated heterocycles. The van der Waals surface area contributed by atoms with Crippen molar-refractivity contribution < 1.29 is 17.7 Å². The van der Waals surface area contributed by atoms with Crippen molar-refractivity contribution in [1.82, 2.24) is 20.1 Å². The van der Waals surface area contributed by atoms with Crippen molar-refractivity contribution in [3.63, 3.8) is 0 Å². The minimum atomic E-state index is -3.25. The van der Waals surface area contributed by atoms with Crippen molar-refractivity contribution in [2.24, 2.45) is 5.92 Å². The minimum absolute atomic E-state index is 0. The molecule has 4 heterocycles. The van der Waals surface area contributed by atoms with Crippen LogP contribution in [0.2, 0.25) is 0 Å². The first-order chi connectivity index (χ1) is 12.5. The van der Waals surface area contributed by atoms with Gasteiger partial charge in [0.1, 0.15) is 6.26 Å². The topological polar surface area (TPSA) is 105 Å². The molecule has 2 bridgehead atoms. The van der Waals surface area contributed by atoms with Crippen LogP contribution in [-0.4, -0.2) is 60.8 Å². The quantitative estimate of drug-likeness (QED) is 0.743. The Hall–Kier alpha value is -1.16. The lowest BCUT2D eigenvalue weighted by molar-refractivity contribution is 0.0900. The number of nitrogens with zero attached hydrogens (tertiary/aromatic N) is 2. The SMILES string of the molecule is Cl.O=C(NC1CC2CCC(C1)N2S(=O)(=O)CC1CCNCC1)c1ccon1. The standard InChI is InChI=1S/C17H26N4O4S.ClH/c22-17(16-5-8-25-20-16)19-13-9-14-1-2-15(10-13)21(14)26(23,24)11-12-3-6-18-7-4-12;/h5,8,12-15,18H,1-4,6-7,9-11H2,(H,19,22);1H. The lowest BCUT2D eigenvalue weighted by Crippen LogP contribution is -2.53. The highest BCUT2D eigenvalue weighted by Gasteiger charge is 2.47. The van der Waals surface area contributed by atoms with Crippen molar-refractivity contribution in [3.8, 4) is 0 Å². The Bertz CT molecular complexity index is 722. The maximum Gasteiger partial charge on any atom is 0.273 e. The maximum atomic E-state index is 13.0. The summed E-state index contributed by atoms with van der Waals surface area (Å²) in [6, 6.07) is 1.52. The number of hydrogen-bond donors (Lipinski definition) is 2. The van der Waals surface area contributed by atoms with Crippen LogP contribution in [0.3, 0.4) is 0 Å². The van der Waals surface area contributed by atoms with Gasteiger partial charge in [0.05, 0.1) is 5.75 Å². The second kappa shape index (κ2) is 8.46. The second-order valence-corrected chi connectivity index (χ2v) is 9.63. The molecule has 10 heteroatoms. The third-order valence-corrected chi connectivity index (χ3v) is 8.03. The van der Waals surface area contributed by atoms with E-state index in [0.717, 1.165) is 38.8 Å². The number of aromatic nitrogens is 1. The van der Waals surface area contributed by atoms with Gasteiger partial charge in [0, 0.05) is 24.2 Å². The number of piperidine rings is 2. The number of carbonyl (C=O) groups is 1. The summed E-state index contributed by atoms with van der Waals surface area (Å²) in [6.45, 7) is 1.81. The van der Waals surface area contributed by atoms with Gasteiger partial charge in [-0.25, -0.2) is 8.42 Å². The largest absolute Gasteiger partial charge is 0.364 e. The Kier molecular flexibility index (Phi) is 6.45. The van der Waals surface area contributed by atoms with E-state index in [0.29, 0.717) is 12.8 Å². The van der Waals surface area contributed by atoms with Gasteiger partial charge < -0.3 is 15.2 Å². The summed E-state index contributed by atoms with van der Waals surface area (Å²) in [5, 5.41) is 9.93. The van der Waals surface area contributed by atoms with E-state index in [1.54, 1.807) is 4.31 Å². The molecule has 1 aromatic rings. The Balaban J connectivity index is 0.00000210. The van der Waals surface area contributed by atoms with Crippen molar-refractivity contribution >= 4 is 28.3 Å². The lowest BCUT2D eigenvalue weighted by Gasteiger charge is -2.39. The predicted octanol–water partition coefficient (Wildman–Crippen LogP) is 1.15. The van der Waals surface area contributed by atoms with Crippen molar-refractivity contribution in [2.75, 3.05) is 18.8 Å². The molecule has 0 aromatic carbocycles. The molecule has 0 radical (unpaired) electrons. The molecule has 0 spiro atoms. The molecule has 2 N–H and O–H groups in total. The fraction of sp³-hybridized carbons (Fsp3) is 0.765. The highest BCUT2D eigenvalue weighted by molar-refractivity contribution is 7.89. The van der Waals surface area contributed by atoms with Crippen LogP contribution in [0, 0.1) is 5.92 Å². The van der Waals surface area contributed by atoms with Gasteiger partial charge >= 0.3 is 0 Å². The average Bonchev–Trinajstić information content (AvgIpc) is 3.23. The average molecular weight is 419 g/mol. The number of amides is 1. The van der Waals surface area contributed by atoms with Gasteiger partial charge in [0.25, 0.3) is 5.91 Å². The molecule has 152 valence electrons. The van der Waals surface area contributed by atoms with E-state index in [9.17, 15) is 13.2 Å². The first-order valence-corrected chi connectivity index (χ1v) is 11.1. The molecule has 4 rings (SSSR count). The lowest BCUT2D eigenvalue weighted by atomic mass is 9.99. The number of rotatable bonds is 5. The molecule has 8 nitrogen and oxygen atoms in total. The third kappa shape index (κ3) is 4.47. The van der Waals surface area contributed by atoms with Gasteiger partial charge in [-0.1, -0.05) is 5.16 Å². The van der Waals surface area contributed by atoms with Gasteiger partial charge in [-0.2, -0.15) is 4.31 Å². The van der Waals surface area contributed by atoms with E-state index in [1.807, 2.05) is 0 Å². The van der Waals surface area contributed by atoms with E-state index >= 15 is 0 Å². The molecule has 3 fully saturated rings. The summed E-state index contributed by atoms with van der Waals surface area (Å²) in [5.41, 5.74) is 0.262. The smallest absolute Gasteiger partial charge is 0.273 e. The summed E-state index contributed by atoms with van der Waals surface area (Å²) >= 11 is 0. The predicted molar refractivity (Wildman–Crippen MR) is 102 cm³/mol. The van der Waals surface area contributed by atoms with E-state index in [4.69, 9.17) is 4.52 Å². The summed E-state index contributed by atoms with van der Waals surface area (Å²) in [7, 11) is -3.25. The van der Waals surface area contributed by atoms with Crippen LogP contribution in [-0.2, 0) is 10.0 Å². The zero-order valence-corrected chi connectivity index (χ0v) is 16.8. The molecule has 0 saturated carbocycles. The number of hydrogen-bond acceptors (Lipinski definition) is 6. The first kappa shape index (κ1) is 20.6.